The fraction of sp³-hybridized carbons (Fsp3) is 0.167. The number of ether oxygens (including phenoxy) is 2. The van der Waals surface area contributed by atoms with Gasteiger partial charge >= 0.3 is 0 Å². The Bertz CT molecular complexity index is 755. The third-order valence-corrected chi connectivity index (χ3v) is 3.34. The highest BCUT2D eigenvalue weighted by Gasteiger charge is 2.04. The minimum absolute atomic E-state index is 0.0420. The zero-order valence-electron chi connectivity index (χ0n) is 13.4. The minimum atomic E-state index is -0.269. The Morgan fingerprint density at radius 1 is 1.04 bits per heavy atom. The highest BCUT2D eigenvalue weighted by molar-refractivity contribution is 5.91. The monoisotopic (exact) mass is 329 g/mol. The molecule has 0 aromatic heterocycles. The number of hydrogen-bond acceptors (Lipinski definition) is 5. The van der Waals surface area contributed by atoms with Gasteiger partial charge in [-0.05, 0) is 41.5 Å². The molecule has 0 radical (unpaired) electrons. The molecule has 0 unspecified atom stereocenters. The first-order valence-electron chi connectivity index (χ1n) is 7.22. The van der Waals surface area contributed by atoms with Crippen molar-refractivity contribution < 1.29 is 24.5 Å². The molecule has 2 aromatic rings. The molecule has 2 aromatic carbocycles. The largest absolute Gasteiger partial charge is 0.504 e. The Morgan fingerprint density at radius 3 is 2.33 bits per heavy atom. The average molecular weight is 329 g/mol. The summed E-state index contributed by atoms with van der Waals surface area (Å²) in [6.45, 7) is 0.304. The molecular weight excluding hydrogens is 310 g/mol. The molecular formula is C18H19NO5. The average Bonchev–Trinajstić information content (AvgIpc) is 2.60. The molecule has 1 amide bonds. The van der Waals surface area contributed by atoms with Crippen molar-refractivity contribution in [3.8, 4) is 23.0 Å². The summed E-state index contributed by atoms with van der Waals surface area (Å²) in [7, 11) is 2.92. The van der Waals surface area contributed by atoms with Gasteiger partial charge in [-0.15, -0.1) is 0 Å². The Kier molecular flexibility index (Phi) is 5.68. The topological polar surface area (TPSA) is 88.0 Å². The third-order valence-electron chi connectivity index (χ3n) is 3.34. The molecule has 0 fully saturated rings. The Morgan fingerprint density at radius 2 is 1.67 bits per heavy atom. The van der Waals surface area contributed by atoms with Crippen molar-refractivity contribution in [2.24, 2.45) is 0 Å². The number of nitrogens with one attached hydrogen (secondary N) is 1. The van der Waals surface area contributed by atoms with Crippen LogP contribution in [0.3, 0.4) is 0 Å². The number of amides is 1. The van der Waals surface area contributed by atoms with Crippen LogP contribution < -0.4 is 14.8 Å². The maximum Gasteiger partial charge on any atom is 0.244 e. The zero-order chi connectivity index (χ0) is 17.5. The molecule has 0 atom stereocenters. The fourth-order valence-corrected chi connectivity index (χ4v) is 2.05. The van der Waals surface area contributed by atoms with Gasteiger partial charge in [0.15, 0.2) is 23.0 Å². The number of phenols is 2. The van der Waals surface area contributed by atoms with Crippen LogP contribution in [0.1, 0.15) is 11.1 Å². The molecule has 0 saturated heterocycles. The second kappa shape index (κ2) is 7.92. The Labute approximate surface area is 140 Å². The van der Waals surface area contributed by atoms with Gasteiger partial charge in [0.25, 0.3) is 0 Å². The normalized spacial score (nSPS) is 10.6. The molecule has 0 spiro atoms. The van der Waals surface area contributed by atoms with Gasteiger partial charge in [0.1, 0.15) is 0 Å². The molecule has 126 valence electrons. The maximum atomic E-state index is 11.9. The number of carbonyl (C=O) groups excluding carboxylic acids is 1. The van der Waals surface area contributed by atoms with E-state index >= 15 is 0 Å². The molecule has 6 nitrogen and oxygen atoms in total. The van der Waals surface area contributed by atoms with Crippen LogP contribution in [0.2, 0.25) is 0 Å². The summed E-state index contributed by atoms with van der Waals surface area (Å²) in [4.78, 5) is 11.9. The van der Waals surface area contributed by atoms with E-state index in [0.29, 0.717) is 18.0 Å². The summed E-state index contributed by atoms with van der Waals surface area (Å²) in [6.07, 6.45) is 3.01. The van der Waals surface area contributed by atoms with Crippen molar-refractivity contribution >= 4 is 12.0 Å². The first-order valence-corrected chi connectivity index (χ1v) is 7.22. The summed E-state index contributed by atoms with van der Waals surface area (Å²) < 4.78 is 10.0. The fourth-order valence-electron chi connectivity index (χ4n) is 2.05. The summed E-state index contributed by atoms with van der Waals surface area (Å²) in [5.74, 6) is 0.519. The van der Waals surface area contributed by atoms with E-state index in [-0.39, 0.29) is 17.4 Å². The van der Waals surface area contributed by atoms with E-state index in [0.717, 1.165) is 11.1 Å². The quantitative estimate of drug-likeness (QED) is 0.709. The lowest BCUT2D eigenvalue weighted by Gasteiger charge is -2.07. The summed E-state index contributed by atoms with van der Waals surface area (Å²) in [6, 6.07) is 9.67. The minimum Gasteiger partial charge on any atom is -0.504 e. The molecule has 6 heteroatoms. The van der Waals surface area contributed by atoms with Crippen LogP contribution >= 0.6 is 0 Å². The second-order valence-corrected chi connectivity index (χ2v) is 4.99. The molecule has 2 rings (SSSR count). The van der Waals surface area contributed by atoms with Gasteiger partial charge in [-0.1, -0.05) is 12.1 Å². The zero-order valence-corrected chi connectivity index (χ0v) is 13.4. The Hall–Kier alpha value is -3.15. The van der Waals surface area contributed by atoms with Crippen LogP contribution in [0.15, 0.2) is 42.5 Å². The third kappa shape index (κ3) is 4.42. The van der Waals surface area contributed by atoms with Crippen LogP contribution in [-0.4, -0.2) is 30.3 Å². The summed E-state index contributed by atoms with van der Waals surface area (Å²) >= 11 is 0. The predicted molar refractivity (Wildman–Crippen MR) is 90.2 cm³/mol. The first-order chi connectivity index (χ1) is 11.5. The number of methoxy groups -OCH3 is 2. The maximum absolute atomic E-state index is 11.9. The lowest BCUT2D eigenvalue weighted by atomic mass is 10.2. The molecule has 24 heavy (non-hydrogen) atoms. The molecule has 0 saturated carbocycles. The number of benzene rings is 2. The molecule has 0 aliphatic carbocycles. The first kappa shape index (κ1) is 17.2. The van der Waals surface area contributed by atoms with Crippen molar-refractivity contribution in [2.75, 3.05) is 14.2 Å². The highest BCUT2D eigenvalue weighted by atomic mass is 16.5. The van der Waals surface area contributed by atoms with Gasteiger partial charge in [-0.25, -0.2) is 0 Å². The van der Waals surface area contributed by atoms with Crippen LogP contribution in [0.4, 0.5) is 0 Å². The van der Waals surface area contributed by atoms with Crippen molar-refractivity contribution in [2.45, 2.75) is 6.54 Å². The van der Waals surface area contributed by atoms with Crippen LogP contribution in [0.5, 0.6) is 23.0 Å². The van der Waals surface area contributed by atoms with E-state index in [2.05, 4.69) is 5.32 Å². The van der Waals surface area contributed by atoms with Gasteiger partial charge in [0, 0.05) is 12.6 Å². The Balaban J connectivity index is 1.96. The van der Waals surface area contributed by atoms with Crippen LogP contribution in [-0.2, 0) is 11.3 Å². The highest BCUT2D eigenvalue weighted by Crippen LogP contribution is 2.27. The van der Waals surface area contributed by atoms with Crippen molar-refractivity contribution in [3.63, 3.8) is 0 Å². The number of hydrogen-bond donors (Lipinski definition) is 3. The van der Waals surface area contributed by atoms with Crippen molar-refractivity contribution in [1.82, 2.24) is 5.32 Å². The standard InChI is InChI=1S/C18H19NO5/c1-23-16-9-12(3-6-14(16)20)5-8-18(22)19-11-13-4-7-15(21)17(10-13)24-2/h3-10,20-21H,11H2,1-2H3,(H,19,22)/b8-5-. The lowest BCUT2D eigenvalue weighted by Crippen LogP contribution is -2.20. The summed E-state index contributed by atoms with van der Waals surface area (Å²) in [5, 5.41) is 21.8. The smallest absolute Gasteiger partial charge is 0.244 e. The van der Waals surface area contributed by atoms with Gasteiger partial charge in [-0.3, -0.25) is 4.79 Å². The molecule has 3 N–H and O–H groups in total. The van der Waals surface area contributed by atoms with Crippen LogP contribution in [0.25, 0.3) is 6.08 Å². The van der Waals surface area contributed by atoms with Crippen molar-refractivity contribution in [3.05, 3.63) is 53.6 Å². The van der Waals surface area contributed by atoms with Gasteiger partial charge in [0.2, 0.25) is 5.91 Å². The molecule has 0 bridgehead atoms. The second-order valence-electron chi connectivity index (χ2n) is 4.99. The predicted octanol–water partition coefficient (Wildman–Crippen LogP) is 2.44. The van der Waals surface area contributed by atoms with E-state index < -0.39 is 0 Å². The number of carbonyl (C=O) groups is 1. The van der Waals surface area contributed by atoms with Crippen LogP contribution in [0, 0.1) is 0 Å². The van der Waals surface area contributed by atoms with E-state index in [1.54, 1.807) is 30.3 Å². The van der Waals surface area contributed by atoms with E-state index in [9.17, 15) is 15.0 Å². The van der Waals surface area contributed by atoms with E-state index in [4.69, 9.17) is 9.47 Å². The van der Waals surface area contributed by atoms with Gasteiger partial charge < -0.3 is 25.0 Å². The van der Waals surface area contributed by atoms with Crippen molar-refractivity contribution in [1.29, 1.82) is 0 Å². The number of rotatable bonds is 6. The van der Waals surface area contributed by atoms with E-state index in [1.807, 2.05) is 0 Å². The van der Waals surface area contributed by atoms with E-state index in [1.165, 1.54) is 32.4 Å². The number of aromatic hydroxyl groups is 2. The van der Waals surface area contributed by atoms with Gasteiger partial charge in [-0.2, -0.15) is 0 Å². The molecule has 0 heterocycles. The molecule has 0 aliphatic rings. The summed E-state index contributed by atoms with van der Waals surface area (Å²) in [5.41, 5.74) is 1.53. The van der Waals surface area contributed by atoms with Gasteiger partial charge in [0.05, 0.1) is 14.2 Å². The molecule has 0 aliphatic heterocycles. The number of phenolic OH excluding ortho intramolecular Hbond substituents is 2. The SMILES string of the molecule is COc1cc(/C=C\C(=O)NCc2ccc(O)c(OC)c2)ccc1O. The lowest BCUT2D eigenvalue weighted by molar-refractivity contribution is -0.116.